The Morgan fingerprint density at radius 2 is 2.10 bits per heavy atom. The smallest absolute Gasteiger partial charge is 0.137 e. The van der Waals surface area contributed by atoms with E-state index < -0.39 is 6.10 Å². The molecule has 110 valence electrons. The van der Waals surface area contributed by atoms with E-state index in [9.17, 15) is 9.50 Å². The average Bonchev–Trinajstić information content (AvgIpc) is 2.89. The molecule has 2 nitrogen and oxygen atoms in total. The van der Waals surface area contributed by atoms with Crippen LogP contribution in [-0.2, 0) is 4.74 Å². The van der Waals surface area contributed by atoms with Crippen LogP contribution in [0, 0.1) is 11.7 Å². The highest BCUT2D eigenvalue weighted by molar-refractivity contribution is 9.10. The fourth-order valence-electron chi connectivity index (χ4n) is 3.67. The summed E-state index contributed by atoms with van der Waals surface area (Å²) in [4.78, 5) is 0. The van der Waals surface area contributed by atoms with Crippen molar-refractivity contribution in [1.82, 2.24) is 0 Å². The molecular formula is C16H20BrFO2. The number of benzene rings is 1. The van der Waals surface area contributed by atoms with Crippen molar-refractivity contribution < 1.29 is 14.2 Å². The summed E-state index contributed by atoms with van der Waals surface area (Å²) in [7, 11) is 0. The zero-order valence-electron chi connectivity index (χ0n) is 11.4. The second-order valence-electron chi connectivity index (χ2n) is 6.11. The number of aliphatic hydroxyl groups is 1. The van der Waals surface area contributed by atoms with Crippen molar-refractivity contribution in [3.05, 3.63) is 34.1 Å². The van der Waals surface area contributed by atoms with Gasteiger partial charge in [0.25, 0.3) is 0 Å². The summed E-state index contributed by atoms with van der Waals surface area (Å²) in [6, 6.07) is 4.90. The van der Waals surface area contributed by atoms with Gasteiger partial charge in [-0.15, -0.1) is 0 Å². The van der Waals surface area contributed by atoms with Gasteiger partial charge in [0.05, 0.1) is 16.2 Å². The highest BCUT2D eigenvalue weighted by atomic mass is 79.9. The lowest BCUT2D eigenvalue weighted by molar-refractivity contribution is -0.113. The Labute approximate surface area is 127 Å². The second-order valence-corrected chi connectivity index (χ2v) is 6.96. The summed E-state index contributed by atoms with van der Waals surface area (Å²) in [5, 5.41) is 10.6. The number of halogens is 2. The Bertz CT molecular complexity index is 485. The lowest BCUT2D eigenvalue weighted by Gasteiger charge is -2.40. The first-order valence-electron chi connectivity index (χ1n) is 7.37. The minimum absolute atomic E-state index is 0.0161. The van der Waals surface area contributed by atoms with Crippen LogP contribution in [0.1, 0.15) is 50.2 Å². The largest absolute Gasteiger partial charge is 0.388 e. The standard InChI is InChI=1S/C16H20BrFO2/c17-13-4-3-11(9-14(13)18)15(19)12-5-8-20-16(10-12)6-1-2-7-16/h3-4,9,12,15,19H,1-2,5-8,10H2. The van der Waals surface area contributed by atoms with Crippen molar-refractivity contribution >= 4 is 15.9 Å². The summed E-state index contributed by atoms with van der Waals surface area (Å²) in [6.07, 6.45) is 5.78. The van der Waals surface area contributed by atoms with E-state index in [1.807, 2.05) is 0 Å². The van der Waals surface area contributed by atoms with Crippen LogP contribution in [0.5, 0.6) is 0 Å². The number of aliphatic hydroxyl groups excluding tert-OH is 1. The van der Waals surface area contributed by atoms with Crippen molar-refractivity contribution in [2.45, 2.75) is 50.2 Å². The molecule has 0 amide bonds. The molecule has 1 saturated heterocycles. The van der Waals surface area contributed by atoms with Gasteiger partial charge in [0.15, 0.2) is 0 Å². The first kappa shape index (κ1) is 14.5. The minimum Gasteiger partial charge on any atom is -0.388 e. The van der Waals surface area contributed by atoms with E-state index in [2.05, 4.69) is 15.9 Å². The third-order valence-corrected chi connectivity index (χ3v) is 5.42. The van der Waals surface area contributed by atoms with E-state index in [-0.39, 0.29) is 17.3 Å². The van der Waals surface area contributed by atoms with Crippen LogP contribution in [0.2, 0.25) is 0 Å². The van der Waals surface area contributed by atoms with Crippen LogP contribution in [-0.4, -0.2) is 17.3 Å². The molecule has 2 fully saturated rings. The molecule has 2 aliphatic rings. The molecule has 0 bridgehead atoms. The maximum atomic E-state index is 13.6. The molecule has 1 saturated carbocycles. The van der Waals surface area contributed by atoms with E-state index in [1.54, 1.807) is 12.1 Å². The van der Waals surface area contributed by atoms with E-state index >= 15 is 0 Å². The molecule has 1 spiro atoms. The van der Waals surface area contributed by atoms with Gasteiger partial charge in [-0.2, -0.15) is 0 Å². The van der Waals surface area contributed by atoms with Crippen LogP contribution in [0.25, 0.3) is 0 Å². The molecule has 1 N–H and O–H groups in total. The zero-order valence-corrected chi connectivity index (χ0v) is 13.0. The van der Waals surface area contributed by atoms with Crippen molar-refractivity contribution in [1.29, 1.82) is 0 Å². The Morgan fingerprint density at radius 1 is 1.35 bits per heavy atom. The van der Waals surface area contributed by atoms with Gasteiger partial charge in [-0.1, -0.05) is 18.9 Å². The molecule has 20 heavy (non-hydrogen) atoms. The minimum atomic E-state index is -0.598. The number of hydrogen-bond acceptors (Lipinski definition) is 2. The van der Waals surface area contributed by atoms with Crippen LogP contribution in [0.3, 0.4) is 0 Å². The molecule has 4 heteroatoms. The molecule has 1 aliphatic carbocycles. The summed E-state index contributed by atoms with van der Waals surface area (Å²) in [5.41, 5.74) is 0.656. The van der Waals surface area contributed by atoms with Gasteiger partial charge in [0.1, 0.15) is 5.82 Å². The highest BCUT2D eigenvalue weighted by Gasteiger charge is 2.41. The van der Waals surface area contributed by atoms with E-state index in [0.717, 1.165) is 25.7 Å². The van der Waals surface area contributed by atoms with Gasteiger partial charge in [0, 0.05) is 6.61 Å². The third kappa shape index (κ3) is 2.78. The van der Waals surface area contributed by atoms with E-state index in [1.165, 1.54) is 18.9 Å². The SMILES string of the molecule is OC(c1ccc(Br)c(F)c1)C1CCOC2(CCCC2)C1. The van der Waals surface area contributed by atoms with Crippen LogP contribution in [0.4, 0.5) is 4.39 Å². The van der Waals surface area contributed by atoms with Gasteiger partial charge in [0.2, 0.25) is 0 Å². The zero-order chi connectivity index (χ0) is 14.2. The van der Waals surface area contributed by atoms with Crippen LogP contribution < -0.4 is 0 Å². The highest BCUT2D eigenvalue weighted by Crippen LogP contribution is 2.45. The number of hydrogen-bond donors (Lipinski definition) is 1. The Hall–Kier alpha value is -0.450. The summed E-state index contributed by atoms with van der Waals surface area (Å²) in [6.45, 7) is 0.709. The molecule has 1 aromatic rings. The fraction of sp³-hybridized carbons (Fsp3) is 0.625. The van der Waals surface area contributed by atoms with E-state index in [0.29, 0.717) is 16.6 Å². The molecule has 2 atom stereocenters. The maximum absolute atomic E-state index is 13.6. The lowest BCUT2D eigenvalue weighted by Crippen LogP contribution is -2.39. The van der Waals surface area contributed by atoms with Gasteiger partial charge in [-0.25, -0.2) is 4.39 Å². The monoisotopic (exact) mass is 342 g/mol. The van der Waals surface area contributed by atoms with Gasteiger partial charge >= 0.3 is 0 Å². The van der Waals surface area contributed by atoms with Gasteiger partial charge in [-0.05, 0) is 65.2 Å². The second kappa shape index (κ2) is 5.74. The van der Waals surface area contributed by atoms with Gasteiger partial charge < -0.3 is 9.84 Å². The lowest BCUT2D eigenvalue weighted by atomic mass is 9.80. The summed E-state index contributed by atoms with van der Waals surface area (Å²) >= 11 is 3.15. The first-order chi connectivity index (χ1) is 9.60. The van der Waals surface area contributed by atoms with Crippen molar-refractivity contribution in [3.63, 3.8) is 0 Å². The molecule has 3 rings (SSSR count). The molecule has 1 aliphatic heterocycles. The first-order valence-corrected chi connectivity index (χ1v) is 8.16. The summed E-state index contributed by atoms with van der Waals surface area (Å²) < 4.78 is 20.0. The van der Waals surface area contributed by atoms with Gasteiger partial charge in [-0.3, -0.25) is 0 Å². The molecule has 1 heterocycles. The third-order valence-electron chi connectivity index (χ3n) is 4.78. The van der Waals surface area contributed by atoms with Crippen molar-refractivity contribution in [2.75, 3.05) is 6.61 Å². The number of ether oxygens (including phenoxy) is 1. The Balaban J connectivity index is 1.75. The van der Waals surface area contributed by atoms with Crippen LogP contribution >= 0.6 is 15.9 Å². The Kier molecular flexibility index (Phi) is 4.16. The fourth-order valence-corrected chi connectivity index (χ4v) is 3.92. The van der Waals surface area contributed by atoms with Crippen molar-refractivity contribution in [3.8, 4) is 0 Å². The molecule has 0 radical (unpaired) electrons. The van der Waals surface area contributed by atoms with Crippen LogP contribution in [0.15, 0.2) is 22.7 Å². The maximum Gasteiger partial charge on any atom is 0.137 e. The topological polar surface area (TPSA) is 29.5 Å². The molecule has 0 aromatic heterocycles. The quantitative estimate of drug-likeness (QED) is 0.865. The molecular weight excluding hydrogens is 323 g/mol. The predicted molar refractivity (Wildman–Crippen MR) is 78.9 cm³/mol. The normalized spacial score (nSPS) is 26.9. The van der Waals surface area contributed by atoms with Crippen molar-refractivity contribution in [2.24, 2.45) is 5.92 Å². The van der Waals surface area contributed by atoms with E-state index in [4.69, 9.17) is 4.74 Å². The Morgan fingerprint density at radius 3 is 2.80 bits per heavy atom. The predicted octanol–water partition coefficient (Wildman–Crippen LogP) is 4.36. The average molecular weight is 343 g/mol. The number of rotatable bonds is 2. The molecule has 1 aromatic carbocycles. The molecule has 2 unspecified atom stereocenters. The summed E-state index contributed by atoms with van der Waals surface area (Å²) in [5.74, 6) is -0.147.